The van der Waals surface area contributed by atoms with Crippen LogP contribution < -0.4 is 0 Å². The number of ether oxygens (including phenoxy) is 1. The monoisotopic (exact) mass is 298 g/mol. The van der Waals surface area contributed by atoms with E-state index in [1.807, 2.05) is 0 Å². The minimum absolute atomic E-state index is 0.473. The lowest BCUT2D eigenvalue weighted by Crippen LogP contribution is -2.09. The number of hydrogen-bond donors (Lipinski definition) is 0. The molecular formula is C20H42O. The molecule has 1 heteroatoms. The fourth-order valence-electron chi connectivity index (χ4n) is 2.82. The normalized spacial score (nSPS) is 12.7. The second-order valence-corrected chi connectivity index (χ2v) is 6.71. The Balaban J connectivity index is 3.10. The van der Waals surface area contributed by atoms with Crippen LogP contribution in [0.4, 0.5) is 0 Å². The van der Waals surface area contributed by atoms with E-state index in [0.717, 1.165) is 6.61 Å². The first-order chi connectivity index (χ1) is 10.3. The summed E-state index contributed by atoms with van der Waals surface area (Å²) in [5.41, 5.74) is 0. The van der Waals surface area contributed by atoms with Gasteiger partial charge in [-0.05, 0) is 19.8 Å². The van der Waals surface area contributed by atoms with Crippen LogP contribution in [0.3, 0.4) is 0 Å². The van der Waals surface area contributed by atoms with Gasteiger partial charge in [0.05, 0.1) is 6.10 Å². The maximum atomic E-state index is 5.91. The minimum Gasteiger partial charge on any atom is -0.379 e. The lowest BCUT2D eigenvalue weighted by atomic mass is 10.1. The SMILES string of the molecule is CCCCCCCCCCOC(C)CCCCCCCC. The molecule has 0 aliphatic heterocycles. The van der Waals surface area contributed by atoms with Gasteiger partial charge in [0, 0.05) is 6.61 Å². The van der Waals surface area contributed by atoms with Gasteiger partial charge in [-0.3, -0.25) is 0 Å². The molecule has 1 unspecified atom stereocenters. The summed E-state index contributed by atoms with van der Waals surface area (Å²) in [7, 11) is 0. The average molecular weight is 299 g/mol. The molecule has 0 fully saturated rings. The van der Waals surface area contributed by atoms with Gasteiger partial charge in [0.15, 0.2) is 0 Å². The van der Waals surface area contributed by atoms with E-state index in [4.69, 9.17) is 4.74 Å². The van der Waals surface area contributed by atoms with E-state index in [2.05, 4.69) is 20.8 Å². The highest BCUT2D eigenvalue weighted by Gasteiger charge is 2.01. The molecule has 0 aliphatic rings. The Bertz CT molecular complexity index is 179. The maximum Gasteiger partial charge on any atom is 0.0547 e. The molecule has 21 heavy (non-hydrogen) atoms. The van der Waals surface area contributed by atoms with Crippen molar-refractivity contribution in [1.29, 1.82) is 0 Å². The minimum atomic E-state index is 0.473. The molecule has 0 heterocycles. The Morgan fingerprint density at radius 1 is 0.571 bits per heavy atom. The summed E-state index contributed by atoms with van der Waals surface area (Å²) in [5, 5.41) is 0. The van der Waals surface area contributed by atoms with Crippen molar-refractivity contribution < 1.29 is 4.74 Å². The maximum absolute atomic E-state index is 5.91. The lowest BCUT2D eigenvalue weighted by molar-refractivity contribution is 0.0557. The van der Waals surface area contributed by atoms with E-state index in [1.54, 1.807) is 0 Å². The van der Waals surface area contributed by atoms with Gasteiger partial charge in [-0.2, -0.15) is 0 Å². The first kappa shape index (κ1) is 21.0. The second-order valence-electron chi connectivity index (χ2n) is 6.71. The Labute approximate surface area is 135 Å². The fraction of sp³-hybridized carbons (Fsp3) is 1.00. The fourth-order valence-corrected chi connectivity index (χ4v) is 2.82. The predicted octanol–water partition coefficient (Wildman–Crippen LogP) is 7.28. The second kappa shape index (κ2) is 18.0. The molecular weight excluding hydrogens is 256 g/mol. The quantitative estimate of drug-likeness (QED) is 0.256. The molecule has 0 amide bonds. The van der Waals surface area contributed by atoms with Gasteiger partial charge in [0.2, 0.25) is 0 Å². The molecule has 0 aromatic heterocycles. The molecule has 0 aliphatic carbocycles. The lowest BCUT2D eigenvalue weighted by Gasteiger charge is -2.12. The van der Waals surface area contributed by atoms with Crippen LogP contribution in [0.25, 0.3) is 0 Å². The van der Waals surface area contributed by atoms with E-state index in [9.17, 15) is 0 Å². The largest absolute Gasteiger partial charge is 0.379 e. The van der Waals surface area contributed by atoms with Gasteiger partial charge in [0.1, 0.15) is 0 Å². The summed E-state index contributed by atoms with van der Waals surface area (Å²) in [6, 6.07) is 0. The number of unbranched alkanes of at least 4 members (excludes halogenated alkanes) is 12. The molecule has 0 aromatic rings. The van der Waals surface area contributed by atoms with E-state index in [0.29, 0.717) is 6.10 Å². The van der Waals surface area contributed by atoms with Crippen molar-refractivity contribution in [3.05, 3.63) is 0 Å². The van der Waals surface area contributed by atoms with Gasteiger partial charge < -0.3 is 4.74 Å². The summed E-state index contributed by atoms with van der Waals surface area (Å²) in [6.45, 7) is 7.79. The molecule has 1 atom stereocenters. The van der Waals surface area contributed by atoms with Crippen LogP contribution in [0.2, 0.25) is 0 Å². The summed E-state index contributed by atoms with van der Waals surface area (Å²) in [4.78, 5) is 0. The molecule has 0 rings (SSSR count). The summed E-state index contributed by atoms with van der Waals surface area (Å²) < 4.78 is 5.91. The third-order valence-electron chi connectivity index (χ3n) is 4.36. The highest BCUT2D eigenvalue weighted by Crippen LogP contribution is 2.12. The van der Waals surface area contributed by atoms with E-state index >= 15 is 0 Å². The number of rotatable bonds is 17. The first-order valence-electron chi connectivity index (χ1n) is 9.92. The van der Waals surface area contributed by atoms with Crippen LogP contribution in [0.1, 0.15) is 117 Å². The molecule has 128 valence electrons. The smallest absolute Gasteiger partial charge is 0.0547 e. The molecule has 0 N–H and O–H groups in total. The highest BCUT2D eigenvalue weighted by molar-refractivity contribution is 4.53. The molecule has 0 bridgehead atoms. The molecule has 0 spiro atoms. The summed E-state index contributed by atoms with van der Waals surface area (Å²) in [5.74, 6) is 0. The topological polar surface area (TPSA) is 9.23 Å². The highest BCUT2D eigenvalue weighted by atomic mass is 16.5. The Morgan fingerprint density at radius 3 is 1.52 bits per heavy atom. The van der Waals surface area contributed by atoms with E-state index in [-0.39, 0.29) is 0 Å². The Kier molecular flexibility index (Phi) is 18.0. The van der Waals surface area contributed by atoms with Crippen molar-refractivity contribution in [3.8, 4) is 0 Å². The van der Waals surface area contributed by atoms with Gasteiger partial charge in [-0.1, -0.05) is 97.3 Å². The van der Waals surface area contributed by atoms with Gasteiger partial charge >= 0.3 is 0 Å². The van der Waals surface area contributed by atoms with Crippen LogP contribution >= 0.6 is 0 Å². The average Bonchev–Trinajstić information content (AvgIpc) is 2.49. The number of hydrogen-bond acceptors (Lipinski definition) is 1. The van der Waals surface area contributed by atoms with Crippen LogP contribution in [-0.4, -0.2) is 12.7 Å². The zero-order valence-corrected chi connectivity index (χ0v) is 15.3. The van der Waals surface area contributed by atoms with Crippen molar-refractivity contribution in [2.45, 2.75) is 123 Å². The Morgan fingerprint density at radius 2 is 1.00 bits per heavy atom. The molecule has 0 radical (unpaired) electrons. The van der Waals surface area contributed by atoms with Gasteiger partial charge in [0.25, 0.3) is 0 Å². The van der Waals surface area contributed by atoms with Crippen LogP contribution in [0, 0.1) is 0 Å². The zero-order chi connectivity index (χ0) is 15.6. The zero-order valence-electron chi connectivity index (χ0n) is 15.3. The standard InChI is InChI=1S/C20H42O/c1-4-6-8-10-12-13-15-17-19-21-20(3)18-16-14-11-9-7-5-2/h20H,4-19H2,1-3H3. The van der Waals surface area contributed by atoms with Crippen molar-refractivity contribution in [2.24, 2.45) is 0 Å². The van der Waals surface area contributed by atoms with Crippen LogP contribution in [-0.2, 0) is 4.74 Å². The van der Waals surface area contributed by atoms with Crippen LogP contribution in [0.15, 0.2) is 0 Å². The molecule has 0 aromatic carbocycles. The first-order valence-corrected chi connectivity index (χ1v) is 9.92. The molecule has 0 saturated heterocycles. The Hall–Kier alpha value is -0.0400. The third kappa shape index (κ3) is 17.9. The van der Waals surface area contributed by atoms with Gasteiger partial charge in [-0.15, -0.1) is 0 Å². The van der Waals surface area contributed by atoms with Crippen molar-refractivity contribution in [1.82, 2.24) is 0 Å². The van der Waals surface area contributed by atoms with Crippen molar-refractivity contribution >= 4 is 0 Å². The molecule has 1 nitrogen and oxygen atoms in total. The van der Waals surface area contributed by atoms with Crippen molar-refractivity contribution in [2.75, 3.05) is 6.61 Å². The summed E-state index contributed by atoms with van der Waals surface area (Å²) >= 11 is 0. The van der Waals surface area contributed by atoms with Crippen molar-refractivity contribution in [3.63, 3.8) is 0 Å². The molecule has 0 saturated carbocycles. The van der Waals surface area contributed by atoms with Gasteiger partial charge in [-0.25, -0.2) is 0 Å². The van der Waals surface area contributed by atoms with E-state index in [1.165, 1.54) is 96.3 Å². The predicted molar refractivity (Wildman–Crippen MR) is 96.0 cm³/mol. The van der Waals surface area contributed by atoms with E-state index < -0.39 is 0 Å². The third-order valence-corrected chi connectivity index (χ3v) is 4.36. The van der Waals surface area contributed by atoms with Crippen LogP contribution in [0.5, 0.6) is 0 Å². The summed E-state index contributed by atoms with van der Waals surface area (Å²) in [6.07, 6.45) is 21.1.